The molecule has 2 aromatic rings. The molecule has 1 aromatic heterocycles. The number of rotatable bonds is 6. The van der Waals surface area contributed by atoms with E-state index < -0.39 is 0 Å². The predicted molar refractivity (Wildman–Crippen MR) is 89.8 cm³/mol. The number of benzene rings is 1. The lowest BCUT2D eigenvalue weighted by molar-refractivity contribution is 0.0907. The molecule has 0 bridgehead atoms. The average molecular weight is 329 g/mol. The molecule has 1 amide bonds. The molecule has 1 aliphatic heterocycles. The van der Waals surface area contributed by atoms with E-state index in [9.17, 15) is 9.18 Å². The highest BCUT2D eigenvalue weighted by Gasteiger charge is 2.17. The Morgan fingerprint density at radius 2 is 2.25 bits per heavy atom. The number of hydrogen-bond acceptors (Lipinski definition) is 4. The second-order valence-electron chi connectivity index (χ2n) is 5.71. The number of carbonyl (C=O) groups is 1. The van der Waals surface area contributed by atoms with Crippen LogP contribution >= 0.6 is 0 Å². The number of hydrogen-bond donors (Lipinski definition) is 2. The van der Waals surface area contributed by atoms with Crippen molar-refractivity contribution in [1.82, 2.24) is 10.3 Å². The zero-order valence-corrected chi connectivity index (χ0v) is 13.3. The van der Waals surface area contributed by atoms with Gasteiger partial charge in [-0.1, -0.05) is 6.07 Å². The van der Waals surface area contributed by atoms with Crippen LogP contribution in [0.4, 0.5) is 15.9 Å². The fourth-order valence-electron chi connectivity index (χ4n) is 2.71. The first-order valence-electron chi connectivity index (χ1n) is 8.10. The number of nitrogens with zero attached hydrogens (tertiary/aromatic N) is 1. The number of ether oxygens (including phenoxy) is 1. The van der Waals surface area contributed by atoms with Gasteiger partial charge >= 0.3 is 0 Å². The first kappa shape index (κ1) is 16.4. The van der Waals surface area contributed by atoms with E-state index in [0.717, 1.165) is 25.9 Å². The maximum absolute atomic E-state index is 13.3. The summed E-state index contributed by atoms with van der Waals surface area (Å²) in [6.45, 7) is 1.36. The van der Waals surface area contributed by atoms with Crippen LogP contribution in [0.3, 0.4) is 0 Å². The van der Waals surface area contributed by atoms with Crippen LogP contribution in [0.2, 0.25) is 0 Å². The summed E-state index contributed by atoms with van der Waals surface area (Å²) in [6, 6.07) is 9.43. The summed E-state index contributed by atoms with van der Waals surface area (Å²) in [4.78, 5) is 16.6. The Labute approximate surface area is 140 Å². The van der Waals surface area contributed by atoms with Crippen molar-refractivity contribution in [2.75, 3.05) is 18.5 Å². The molecule has 24 heavy (non-hydrogen) atoms. The SMILES string of the molecule is O=C(NCCC1CCCO1)c1cccnc1Nc1cccc(F)c1. The Hall–Kier alpha value is -2.47. The molecule has 0 aliphatic carbocycles. The maximum atomic E-state index is 13.3. The second kappa shape index (κ2) is 7.88. The Kier molecular flexibility index (Phi) is 5.38. The molecule has 3 rings (SSSR count). The molecule has 5 nitrogen and oxygen atoms in total. The minimum atomic E-state index is -0.349. The lowest BCUT2D eigenvalue weighted by Crippen LogP contribution is -2.27. The van der Waals surface area contributed by atoms with Crippen molar-refractivity contribution < 1.29 is 13.9 Å². The number of carbonyl (C=O) groups excluding carboxylic acids is 1. The molecule has 6 heteroatoms. The van der Waals surface area contributed by atoms with Crippen LogP contribution in [-0.4, -0.2) is 30.1 Å². The van der Waals surface area contributed by atoms with Crippen LogP contribution in [0.15, 0.2) is 42.6 Å². The number of pyridine rings is 1. The first-order chi connectivity index (χ1) is 11.7. The van der Waals surface area contributed by atoms with Gasteiger partial charge in [-0.05, 0) is 49.6 Å². The van der Waals surface area contributed by atoms with E-state index in [1.54, 1.807) is 30.5 Å². The third kappa shape index (κ3) is 4.29. The highest BCUT2D eigenvalue weighted by atomic mass is 19.1. The smallest absolute Gasteiger partial charge is 0.255 e. The van der Waals surface area contributed by atoms with Crippen molar-refractivity contribution in [3.8, 4) is 0 Å². The van der Waals surface area contributed by atoms with Crippen LogP contribution in [0.5, 0.6) is 0 Å². The van der Waals surface area contributed by atoms with Gasteiger partial charge in [0.15, 0.2) is 0 Å². The van der Waals surface area contributed by atoms with E-state index in [2.05, 4.69) is 15.6 Å². The van der Waals surface area contributed by atoms with Gasteiger partial charge in [0, 0.05) is 25.0 Å². The van der Waals surface area contributed by atoms with E-state index in [0.29, 0.717) is 23.6 Å². The zero-order chi connectivity index (χ0) is 16.8. The largest absolute Gasteiger partial charge is 0.378 e. The average Bonchev–Trinajstić information content (AvgIpc) is 3.09. The zero-order valence-electron chi connectivity index (χ0n) is 13.3. The van der Waals surface area contributed by atoms with Crippen molar-refractivity contribution in [2.45, 2.75) is 25.4 Å². The normalized spacial score (nSPS) is 16.8. The summed E-state index contributed by atoms with van der Waals surface area (Å²) in [5.74, 6) is -0.156. The molecule has 1 fully saturated rings. The lowest BCUT2D eigenvalue weighted by Gasteiger charge is -2.13. The summed E-state index contributed by atoms with van der Waals surface area (Å²) in [5.41, 5.74) is 0.969. The molecule has 0 spiro atoms. The van der Waals surface area contributed by atoms with Crippen molar-refractivity contribution in [3.05, 3.63) is 54.0 Å². The molecule has 2 N–H and O–H groups in total. The second-order valence-corrected chi connectivity index (χ2v) is 5.71. The molecule has 1 atom stereocenters. The summed E-state index contributed by atoms with van der Waals surface area (Å²) in [7, 11) is 0. The van der Waals surface area contributed by atoms with Crippen LogP contribution < -0.4 is 10.6 Å². The number of anilines is 2. The van der Waals surface area contributed by atoms with E-state index in [4.69, 9.17) is 4.74 Å². The monoisotopic (exact) mass is 329 g/mol. The van der Waals surface area contributed by atoms with Crippen LogP contribution in [0, 0.1) is 5.82 Å². The molecule has 1 aliphatic rings. The molecule has 1 saturated heterocycles. The number of amides is 1. The summed E-state index contributed by atoms with van der Waals surface area (Å²) in [6.07, 6.45) is 4.77. The topological polar surface area (TPSA) is 63.2 Å². The Morgan fingerprint density at radius 1 is 1.33 bits per heavy atom. The molecule has 1 aromatic carbocycles. The fourth-order valence-corrected chi connectivity index (χ4v) is 2.71. The van der Waals surface area contributed by atoms with Gasteiger partial charge in [0.25, 0.3) is 5.91 Å². The van der Waals surface area contributed by atoms with Gasteiger partial charge < -0.3 is 15.4 Å². The molecule has 0 radical (unpaired) electrons. The number of nitrogens with one attached hydrogen (secondary N) is 2. The van der Waals surface area contributed by atoms with Gasteiger partial charge in [0.2, 0.25) is 0 Å². The van der Waals surface area contributed by atoms with E-state index >= 15 is 0 Å². The third-order valence-electron chi connectivity index (χ3n) is 3.92. The third-order valence-corrected chi connectivity index (χ3v) is 3.92. The minimum absolute atomic E-state index is 0.208. The van der Waals surface area contributed by atoms with Gasteiger partial charge in [-0.15, -0.1) is 0 Å². The van der Waals surface area contributed by atoms with E-state index in [-0.39, 0.29) is 17.8 Å². The molecular formula is C18H20FN3O2. The molecule has 2 heterocycles. The lowest BCUT2D eigenvalue weighted by atomic mass is 10.2. The molecule has 0 saturated carbocycles. The van der Waals surface area contributed by atoms with Gasteiger partial charge in [0.1, 0.15) is 11.6 Å². The van der Waals surface area contributed by atoms with Crippen molar-refractivity contribution in [2.24, 2.45) is 0 Å². The Morgan fingerprint density at radius 3 is 3.04 bits per heavy atom. The fraction of sp³-hybridized carbons (Fsp3) is 0.333. The standard InChI is InChI=1S/C18H20FN3O2/c19-13-4-1-5-14(12-13)22-17-16(7-2-9-20-17)18(23)21-10-8-15-6-3-11-24-15/h1-2,4-5,7,9,12,15H,3,6,8,10-11H2,(H,20,22)(H,21,23). The highest BCUT2D eigenvalue weighted by Crippen LogP contribution is 2.19. The van der Waals surface area contributed by atoms with Crippen LogP contribution in [0.1, 0.15) is 29.6 Å². The summed E-state index contributed by atoms with van der Waals surface area (Å²) in [5, 5.41) is 5.88. The molecule has 1 unspecified atom stereocenters. The minimum Gasteiger partial charge on any atom is -0.378 e. The van der Waals surface area contributed by atoms with Crippen LogP contribution in [0.25, 0.3) is 0 Å². The Balaban J connectivity index is 1.63. The Bertz CT molecular complexity index is 702. The number of aromatic nitrogens is 1. The van der Waals surface area contributed by atoms with Crippen molar-refractivity contribution in [1.29, 1.82) is 0 Å². The number of halogens is 1. The molecular weight excluding hydrogens is 309 g/mol. The van der Waals surface area contributed by atoms with Crippen molar-refractivity contribution in [3.63, 3.8) is 0 Å². The maximum Gasteiger partial charge on any atom is 0.255 e. The van der Waals surface area contributed by atoms with Gasteiger partial charge in [-0.2, -0.15) is 0 Å². The van der Waals surface area contributed by atoms with Gasteiger partial charge in [0.05, 0.1) is 11.7 Å². The van der Waals surface area contributed by atoms with Crippen molar-refractivity contribution >= 4 is 17.4 Å². The molecule has 126 valence electrons. The predicted octanol–water partition coefficient (Wildman–Crippen LogP) is 3.26. The quantitative estimate of drug-likeness (QED) is 0.854. The van der Waals surface area contributed by atoms with E-state index in [1.165, 1.54) is 12.1 Å². The van der Waals surface area contributed by atoms with Crippen LogP contribution in [-0.2, 0) is 4.74 Å². The highest BCUT2D eigenvalue weighted by molar-refractivity contribution is 5.99. The first-order valence-corrected chi connectivity index (χ1v) is 8.10. The summed E-state index contributed by atoms with van der Waals surface area (Å²) < 4.78 is 18.8. The van der Waals surface area contributed by atoms with E-state index in [1.807, 2.05) is 0 Å². The van der Waals surface area contributed by atoms with Gasteiger partial charge in [-0.25, -0.2) is 9.37 Å². The summed E-state index contributed by atoms with van der Waals surface area (Å²) >= 11 is 0. The van der Waals surface area contributed by atoms with Gasteiger partial charge in [-0.3, -0.25) is 4.79 Å².